The molecule has 0 bridgehead atoms. The number of benzene rings is 2. The molecule has 0 unspecified atom stereocenters. The average molecular weight is 478 g/mol. The van der Waals surface area contributed by atoms with Crippen LogP contribution < -0.4 is 26.2 Å². The van der Waals surface area contributed by atoms with Crippen molar-refractivity contribution in [2.75, 3.05) is 19.0 Å². The minimum atomic E-state index is -0.967. The van der Waals surface area contributed by atoms with Crippen molar-refractivity contribution in [3.63, 3.8) is 0 Å². The molecule has 35 heavy (non-hydrogen) atoms. The van der Waals surface area contributed by atoms with Crippen molar-refractivity contribution < 1.29 is 13.9 Å². The highest BCUT2D eigenvalue weighted by Crippen LogP contribution is 2.34. The molecule has 0 spiro atoms. The van der Waals surface area contributed by atoms with Crippen LogP contribution in [0.1, 0.15) is 29.9 Å². The number of nitrogens with zero attached hydrogens (tertiary/aromatic N) is 4. The van der Waals surface area contributed by atoms with Gasteiger partial charge in [0, 0.05) is 35.3 Å². The number of halogens is 1. The van der Waals surface area contributed by atoms with E-state index in [2.05, 4.69) is 25.4 Å². The van der Waals surface area contributed by atoms with Gasteiger partial charge in [0.2, 0.25) is 0 Å². The third kappa shape index (κ3) is 4.95. The van der Waals surface area contributed by atoms with Crippen molar-refractivity contribution in [1.82, 2.24) is 24.7 Å². The van der Waals surface area contributed by atoms with Gasteiger partial charge in [-0.25, -0.2) is 19.2 Å². The fourth-order valence-corrected chi connectivity index (χ4v) is 3.41. The Balaban J connectivity index is 1.84. The molecule has 0 aliphatic carbocycles. The van der Waals surface area contributed by atoms with Crippen molar-refractivity contribution in [2.45, 2.75) is 13.0 Å². The van der Waals surface area contributed by atoms with Crippen LogP contribution in [0.2, 0.25) is 0 Å². The normalized spacial score (nSPS) is 11.6. The number of anilines is 1. The molecule has 4 rings (SSSR count). The lowest BCUT2D eigenvalue weighted by Crippen LogP contribution is -2.18. The van der Waals surface area contributed by atoms with Crippen LogP contribution in [0.3, 0.4) is 0 Å². The van der Waals surface area contributed by atoms with Gasteiger partial charge in [-0.1, -0.05) is 0 Å². The molecule has 2 aromatic heterocycles. The number of nitrogen functional groups attached to an aromatic ring is 1. The van der Waals surface area contributed by atoms with Crippen LogP contribution in [0.5, 0.6) is 11.5 Å². The van der Waals surface area contributed by atoms with E-state index in [1.807, 2.05) is 0 Å². The number of nitrogens with one attached hydrogen (secondary N) is 3. The van der Waals surface area contributed by atoms with Gasteiger partial charge < -0.3 is 20.5 Å². The third-order valence-electron chi connectivity index (χ3n) is 5.04. The van der Waals surface area contributed by atoms with E-state index in [9.17, 15) is 4.79 Å². The summed E-state index contributed by atoms with van der Waals surface area (Å²) in [6, 6.07) is 10.3. The van der Waals surface area contributed by atoms with E-state index in [1.165, 1.54) is 31.6 Å². The molecule has 0 saturated heterocycles. The zero-order valence-corrected chi connectivity index (χ0v) is 18.9. The SMILES string of the molecule is CCOc1cc(OC)c(F)c([C@H](Nc2ccc(C(=N)N)cc2)c2nn(-c3ncccn3)c(=O)[nH]2)c1. The molecule has 0 radical (unpaired) electrons. The van der Waals surface area contributed by atoms with Gasteiger partial charge in [-0.15, -0.1) is 9.78 Å². The summed E-state index contributed by atoms with van der Waals surface area (Å²) < 4.78 is 27.3. The molecule has 0 saturated carbocycles. The van der Waals surface area contributed by atoms with Gasteiger partial charge in [0.1, 0.15) is 17.6 Å². The molecule has 180 valence electrons. The fourth-order valence-electron chi connectivity index (χ4n) is 3.41. The molecule has 4 aromatic rings. The van der Waals surface area contributed by atoms with Gasteiger partial charge in [-0.2, -0.15) is 0 Å². The molecule has 2 heterocycles. The summed E-state index contributed by atoms with van der Waals surface area (Å²) in [4.78, 5) is 23.4. The zero-order chi connectivity index (χ0) is 24.9. The largest absolute Gasteiger partial charge is 0.494 e. The molecule has 2 aromatic carbocycles. The molecule has 0 fully saturated rings. The lowest BCUT2D eigenvalue weighted by Gasteiger charge is -2.21. The smallest absolute Gasteiger partial charge is 0.350 e. The van der Waals surface area contributed by atoms with E-state index in [-0.39, 0.29) is 28.9 Å². The van der Waals surface area contributed by atoms with E-state index >= 15 is 4.39 Å². The summed E-state index contributed by atoms with van der Waals surface area (Å²) in [6.45, 7) is 2.16. The Hall–Kier alpha value is -4.74. The van der Waals surface area contributed by atoms with E-state index in [4.69, 9.17) is 20.6 Å². The number of methoxy groups -OCH3 is 1. The van der Waals surface area contributed by atoms with Gasteiger partial charge >= 0.3 is 5.69 Å². The number of nitrogens with two attached hydrogens (primary N) is 1. The summed E-state index contributed by atoms with van der Waals surface area (Å²) in [5.74, 6) is -0.219. The maximum absolute atomic E-state index is 15.5. The lowest BCUT2D eigenvalue weighted by molar-refractivity contribution is 0.331. The number of aromatic nitrogens is 5. The first kappa shape index (κ1) is 23.4. The topological polar surface area (TPSA) is 157 Å². The number of amidine groups is 1. The number of hydrogen-bond acceptors (Lipinski definition) is 8. The minimum Gasteiger partial charge on any atom is -0.494 e. The van der Waals surface area contributed by atoms with Gasteiger partial charge in [0.25, 0.3) is 5.95 Å². The quantitative estimate of drug-likeness (QED) is 0.211. The maximum Gasteiger partial charge on any atom is 0.350 e. The predicted molar refractivity (Wildman–Crippen MR) is 127 cm³/mol. The summed E-state index contributed by atoms with van der Waals surface area (Å²) >= 11 is 0. The van der Waals surface area contributed by atoms with Crippen LogP contribution in [0.4, 0.5) is 10.1 Å². The van der Waals surface area contributed by atoms with Gasteiger partial charge in [0.05, 0.1) is 13.7 Å². The van der Waals surface area contributed by atoms with Crippen LogP contribution in [0, 0.1) is 11.2 Å². The van der Waals surface area contributed by atoms with Crippen LogP contribution in [-0.4, -0.2) is 44.3 Å². The third-order valence-corrected chi connectivity index (χ3v) is 5.04. The van der Waals surface area contributed by atoms with Gasteiger partial charge in [-0.3, -0.25) is 10.4 Å². The molecule has 11 nitrogen and oxygen atoms in total. The Morgan fingerprint density at radius 3 is 2.60 bits per heavy atom. The highest BCUT2D eigenvalue weighted by atomic mass is 19.1. The maximum atomic E-state index is 15.5. The van der Waals surface area contributed by atoms with Crippen molar-refractivity contribution in [2.24, 2.45) is 5.73 Å². The Bertz CT molecular complexity index is 1390. The second-order valence-corrected chi connectivity index (χ2v) is 7.31. The Kier molecular flexibility index (Phi) is 6.71. The number of hydrogen-bond donors (Lipinski definition) is 4. The van der Waals surface area contributed by atoms with E-state index < -0.39 is 17.5 Å². The molecule has 1 atom stereocenters. The van der Waals surface area contributed by atoms with Crippen LogP contribution in [-0.2, 0) is 0 Å². The fraction of sp³-hybridized carbons (Fsp3) is 0.174. The summed E-state index contributed by atoms with van der Waals surface area (Å²) in [5.41, 5.74) is 6.15. The molecular weight excluding hydrogens is 455 g/mol. The Morgan fingerprint density at radius 1 is 1.26 bits per heavy atom. The van der Waals surface area contributed by atoms with E-state index in [0.29, 0.717) is 23.6 Å². The molecule has 0 aliphatic rings. The summed E-state index contributed by atoms with van der Waals surface area (Å²) in [6.07, 6.45) is 2.96. The Morgan fingerprint density at radius 2 is 1.97 bits per heavy atom. The van der Waals surface area contributed by atoms with Crippen LogP contribution >= 0.6 is 0 Å². The number of ether oxygens (including phenoxy) is 2. The lowest BCUT2D eigenvalue weighted by atomic mass is 10.0. The van der Waals surface area contributed by atoms with E-state index in [1.54, 1.807) is 37.3 Å². The van der Waals surface area contributed by atoms with Crippen molar-refractivity contribution in [1.29, 1.82) is 5.41 Å². The number of H-pyrrole nitrogens is 1. The molecule has 12 heteroatoms. The summed E-state index contributed by atoms with van der Waals surface area (Å²) in [5, 5.41) is 15.1. The first-order valence-electron chi connectivity index (χ1n) is 10.6. The van der Waals surface area contributed by atoms with Crippen LogP contribution in [0.25, 0.3) is 5.95 Å². The summed E-state index contributed by atoms with van der Waals surface area (Å²) in [7, 11) is 1.35. The molecular formula is C23H23FN8O3. The average Bonchev–Trinajstić information content (AvgIpc) is 3.26. The second-order valence-electron chi connectivity index (χ2n) is 7.31. The standard InChI is InChI=1S/C23H23FN8O3/c1-3-35-15-11-16(18(24)17(12-15)34-2)19(29-14-7-5-13(6-8-14)20(25)26)21-30-23(33)32(31-21)22-27-9-4-10-28-22/h4-12,19,29H,3H2,1-2H3,(H3,25,26)(H,30,31,33)/t19-/m0/s1. The number of rotatable bonds is 9. The van der Waals surface area contributed by atoms with E-state index in [0.717, 1.165) is 4.68 Å². The number of aromatic amines is 1. The van der Waals surface area contributed by atoms with Gasteiger partial charge in [0.15, 0.2) is 17.4 Å². The highest BCUT2D eigenvalue weighted by molar-refractivity contribution is 5.95. The van der Waals surface area contributed by atoms with Crippen molar-refractivity contribution in [3.8, 4) is 17.4 Å². The minimum absolute atomic E-state index is 0.0298. The molecule has 0 aliphatic heterocycles. The van der Waals surface area contributed by atoms with Gasteiger partial charge in [-0.05, 0) is 43.3 Å². The second kappa shape index (κ2) is 10.0. The first-order valence-corrected chi connectivity index (χ1v) is 10.6. The Labute approximate surface area is 199 Å². The van der Waals surface area contributed by atoms with Crippen LogP contribution in [0.15, 0.2) is 59.7 Å². The predicted octanol–water partition coefficient (Wildman–Crippen LogP) is 2.38. The first-order chi connectivity index (χ1) is 16.9. The van der Waals surface area contributed by atoms with Crippen molar-refractivity contribution in [3.05, 3.63) is 88.1 Å². The monoisotopic (exact) mass is 478 g/mol. The molecule has 5 N–H and O–H groups in total. The highest BCUT2D eigenvalue weighted by Gasteiger charge is 2.26. The van der Waals surface area contributed by atoms with Crippen molar-refractivity contribution >= 4 is 11.5 Å². The zero-order valence-electron chi connectivity index (χ0n) is 18.9. The molecule has 0 amide bonds.